The van der Waals surface area contributed by atoms with Crippen LogP contribution >= 0.6 is 15.9 Å². The molecule has 1 saturated heterocycles. The number of aliphatic hydroxyl groups is 1. The van der Waals surface area contributed by atoms with Crippen molar-refractivity contribution in [3.8, 4) is 0 Å². The van der Waals surface area contributed by atoms with E-state index in [0.29, 0.717) is 4.47 Å². The molecule has 2 N–H and O–H groups in total. The number of likely N-dealkylation sites (tertiary alicyclic amines) is 1. The van der Waals surface area contributed by atoms with Crippen LogP contribution in [0, 0.1) is 10.1 Å². The van der Waals surface area contributed by atoms with Crippen LogP contribution in [0.25, 0.3) is 0 Å². The van der Waals surface area contributed by atoms with Gasteiger partial charge >= 0.3 is 5.97 Å². The zero-order valence-electron chi connectivity index (χ0n) is 10.6. The fourth-order valence-corrected chi connectivity index (χ4v) is 2.63. The molecule has 0 radical (unpaired) electrons. The number of nitro groups is 1. The van der Waals surface area contributed by atoms with E-state index in [-0.39, 0.29) is 24.2 Å². The Morgan fingerprint density at radius 3 is 2.67 bits per heavy atom. The molecule has 0 unspecified atom stereocenters. The molecule has 1 aromatic carbocycles. The van der Waals surface area contributed by atoms with E-state index >= 15 is 0 Å². The lowest BCUT2D eigenvalue weighted by molar-refractivity contribution is -0.384. The Bertz CT molecular complexity index is 620. The van der Waals surface area contributed by atoms with Crippen molar-refractivity contribution in [2.45, 2.75) is 18.6 Å². The van der Waals surface area contributed by atoms with Crippen LogP contribution in [0.15, 0.2) is 22.7 Å². The molecule has 2 rings (SSSR count). The number of nitrogens with zero attached hydrogens (tertiary/aromatic N) is 2. The number of carboxylic acids is 1. The highest BCUT2D eigenvalue weighted by molar-refractivity contribution is 9.10. The zero-order chi connectivity index (χ0) is 15.7. The maximum atomic E-state index is 12.4. The van der Waals surface area contributed by atoms with Gasteiger partial charge in [0.25, 0.3) is 11.6 Å². The number of amides is 1. The third-order valence-electron chi connectivity index (χ3n) is 3.22. The van der Waals surface area contributed by atoms with Crippen LogP contribution in [-0.4, -0.2) is 50.6 Å². The summed E-state index contributed by atoms with van der Waals surface area (Å²) in [6, 6.07) is 2.52. The molecule has 1 aliphatic rings. The van der Waals surface area contributed by atoms with Crippen LogP contribution in [0.2, 0.25) is 0 Å². The predicted octanol–water partition coefficient (Wildman–Crippen LogP) is 1.02. The van der Waals surface area contributed by atoms with Crippen molar-refractivity contribution in [1.29, 1.82) is 0 Å². The predicted molar refractivity (Wildman–Crippen MR) is 73.9 cm³/mol. The molecule has 0 aromatic heterocycles. The van der Waals surface area contributed by atoms with Crippen molar-refractivity contribution in [2.24, 2.45) is 0 Å². The lowest BCUT2D eigenvalue weighted by Crippen LogP contribution is -2.40. The van der Waals surface area contributed by atoms with Crippen molar-refractivity contribution < 1.29 is 24.7 Å². The number of β-amino-alcohol motifs (C(OH)–C–C–N with tert-alkyl or cyclic N) is 1. The summed E-state index contributed by atoms with van der Waals surface area (Å²) in [5.41, 5.74) is -0.280. The first-order valence-corrected chi connectivity index (χ1v) is 6.76. The SMILES string of the molecule is O=C(O)[C@@H]1C[C@H](O)CN1C(=O)c1cc([N+](=O)[O-])ccc1Br. The Hall–Kier alpha value is -2.00. The number of halogens is 1. The standard InChI is InChI=1S/C12H11BrN2O6/c13-9-2-1-6(15(20)21)3-8(9)11(17)14-5-7(16)4-10(14)12(18)19/h1-3,7,10,16H,4-5H2,(H,18,19)/t7-,10-/m0/s1. The molecular formula is C12H11BrN2O6. The lowest BCUT2D eigenvalue weighted by Gasteiger charge is -2.21. The first-order chi connectivity index (χ1) is 9.81. The van der Waals surface area contributed by atoms with E-state index in [1.165, 1.54) is 12.1 Å². The van der Waals surface area contributed by atoms with Crippen LogP contribution in [-0.2, 0) is 4.79 Å². The van der Waals surface area contributed by atoms with E-state index < -0.39 is 28.9 Å². The van der Waals surface area contributed by atoms with E-state index in [4.69, 9.17) is 5.11 Å². The molecule has 1 aromatic rings. The van der Waals surface area contributed by atoms with Gasteiger partial charge in [0.1, 0.15) is 6.04 Å². The Morgan fingerprint density at radius 2 is 2.10 bits per heavy atom. The van der Waals surface area contributed by atoms with E-state index in [2.05, 4.69) is 15.9 Å². The number of benzene rings is 1. The van der Waals surface area contributed by atoms with E-state index in [1.54, 1.807) is 0 Å². The molecule has 0 bridgehead atoms. The molecule has 21 heavy (non-hydrogen) atoms. The molecule has 2 atom stereocenters. The summed E-state index contributed by atoms with van der Waals surface area (Å²) < 4.78 is 0.323. The van der Waals surface area contributed by atoms with E-state index in [0.717, 1.165) is 11.0 Å². The van der Waals surface area contributed by atoms with Crippen molar-refractivity contribution in [3.63, 3.8) is 0 Å². The van der Waals surface area contributed by atoms with Gasteiger partial charge in [0, 0.05) is 29.6 Å². The number of aliphatic hydroxyl groups excluding tert-OH is 1. The summed E-state index contributed by atoms with van der Waals surface area (Å²) in [6.07, 6.45) is -0.985. The van der Waals surface area contributed by atoms with Gasteiger partial charge in [0.05, 0.1) is 16.6 Å². The highest BCUT2D eigenvalue weighted by atomic mass is 79.9. The first kappa shape index (κ1) is 15.4. The molecule has 112 valence electrons. The Morgan fingerprint density at radius 1 is 1.43 bits per heavy atom. The Balaban J connectivity index is 2.37. The van der Waals surface area contributed by atoms with Crippen LogP contribution in [0.3, 0.4) is 0 Å². The number of hydrogen-bond donors (Lipinski definition) is 2. The third-order valence-corrected chi connectivity index (χ3v) is 3.91. The smallest absolute Gasteiger partial charge is 0.326 e. The minimum Gasteiger partial charge on any atom is -0.480 e. The van der Waals surface area contributed by atoms with Gasteiger partial charge in [-0.3, -0.25) is 14.9 Å². The minimum absolute atomic E-state index is 0.00968. The van der Waals surface area contributed by atoms with Gasteiger partial charge in [-0.1, -0.05) is 0 Å². The Labute approximate surface area is 127 Å². The summed E-state index contributed by atoms with van der Waals surface area (Å²) >= 11 is 3.12. The van der Waals surface area contributed by atoms with Gasteiger partial charge in [0.15, 0.2) is 0 Å². The molecule has 8 nitrogen and oxygen atoms in total. The van der Waals surface area contributed by atoms with Crippen LogP contribution in [0.4, 0.5) is 5.69 Å². The second-order valence-corrected chi connectivity index (χ2v) is 5.48. The normalized spacial score (nSPS) is 21.3. The number of non-ortho nitro benzene ring substituents is 1. The summed E-state index contributed by atoms with van der Waals surface area (Å²) in [6.45, 7) is -0.120. The van der Waals surface area contributed by atoms with Crippen molar-refractivity contribution >= 4 is 33.5 Å². The minimum atomic E-state index is -1.22. The van der Waals surface area contributed by atoms with Gasteiger partial charge < -0.3 is 15.1 Å². The van der Waals surface area contributed by atoms with E-state index in [9.17, 15) is 24.8 Å². The number of carbonyl (C=O) groups is 2. The number of aliphatic carboxylic acids is 1. The Kier molecular flexibility index (Phi) is 4.24. The second kappa shape index (κ2) is 5.78. The number of nitro benzene ring substituents is 1. The first-order valence-electron chi connectivity index (χ1n) is 5.97. The molecule has 1 amide bonds. The molecule has 1 aliphatic heterocycles. The largest absolute Gasteiger partial charge is 0.480 e. The van der Waals surface area contributed by atoms with Crippen LogP contribution < -0.4 is 0 Å². The number of carbonyl (C=O) groups excluding carboxylic acids is 1. The fraction of sp³-hybridized carbons (Fsp3) is 0.333. The number of rotatable bonds is 3. The second-order valence-electron chi connectivity index (χ2n) is 4.62. The number of carboxylic acid groups (broad SMARTS) is 1. The number of hydrogen-bond acceptors (Lipinski definition) is 5. The third kappa shape index (κ3) is 3.03. The molecular weight excluding hydrogens is 348 g/mol. The monoisotopic (exact) mass is 358 g/mol. The summed E-state index contributed by atoms with van der Waals surface area (Å²) in [5.74, 6) is -1.89. The van der Waals surface area contributed by atoms with Crippen LogP contribution in [0.1, 0.15) is 16.8 Å². The van der Waals surface area contributed by atoms with E-state index in [1.807, 2.05) is 0 Å². The molecule has 1 fully saturated rings. The summed E-state index contributed by atoms with van der Waals surface area (Å²) in [5, 5.41) is 29.4. The van der Waals surface area contributed by atoms with Crippen LogP contribution in [0.5, 0.6) is 0 Å². The average Bonchev–Trinajstić information content (AvgIpc) is 2.80. The lowest BCUT2D eigenvalue weighted by atomic mass is 10.1. The molecule has 0 aliphatic carbocycles. The van der Waals surface area contributed by atoms with Crippen molar-refractivity contribution in [2.75, 3.05) is 6.54 Å². The van der Waals surface area contributed by atoms with Crippen molar-refractivity contribution in [1.82, 2.24) is 4.90 Å². The van der Waals surface area contributed by atoms with Crippen molar-refractivity contribution in [3.05, 3.63) is 38.3 Å². The topological polar surface area (TPSA) is 121 Å². The van der Waals surface area contributed by atoms with Gasteiger partial charge in [-0.15, -0.1) is 0 Å². The molecule has 0 spiro atoms. The zero-order valence-corrected chi connectivity index (χ0v) is 12.2. The van der Waals surface area contributed by atoms with Gasteiger partial charge in [-0.25, -0.2) is 4.79 Å². The molecule has 0 saturated carbocycles. The maximum Gasteiger partial charge on any atom is 0.326 e. The van der Waals surface area contributed by atoms with Gasteiger partial charge in [-0.05, 0) is 22.0 Å². The molecule has 1 heterocycles. The maximum absolute atomic E-state index is 12.4. The average molecular weight is 359 g/mol. The highest BCUT2D eigenvalue weighted by Crippen LogP contribution is 2.27. The quantitative estimate of drug-likeness (QED) is 0.614. The summed E-state index contributed by atoms with van der Waals surface area (Å²) in [7, 11) is 0. The summed E-state index contributed by atoms with van der Waals surface area (Å²) in [4.78, 5) is 34.7. The molecule has 9 heteroatoms. The van der Waals surface area contributed by atoms with Gasteiger partial charge in [0.2, 0.25) is 0 Å². The highest BCUT2D eigenvalue weighted by Gasteiger charge is 2.39. The van der Waals surface area contributed by atoms with Gasteiger partial charge in [-0.2, -0.15) is 0 Å². The fourth-order valence-electron chi connectivity index (χ4n) is 2.22.